The van der Waals surface area contributed by atoms with E-state index in [2.05, 4.69) is 37.3 Å². The highest BCUT2D eigenvalue weighted by atomic mass is 32.1. The van der Waals surface area contributed by atoms with E-state index in [0.29, 0.717) is 0 Å². The third-order valence-electron chi connectivity index (χ3n) is 5.69. The van der Waals surface area contributed by atoms with Crippen LogP contribution in [-0.2, 0) is 6.42 Å². The zero-order valence-electron chi connectivity index (χ0n) is 15.0. The molecule has 0 saturated heterocycles. The quantitative estimate of drug-likeness (QED) is 0.754. The molecule has 1 aromatic heterocycles. The zero-order chi connectivity index (χ0) is 18.7. The SMILES string of the molecule is CCCCc1ccc([C@H]2[C@@H]3CCCC=C3[C@@H](C#N)C(=N)C2(C#N)C#N)s1. The molecule has 1 heterocycles. The number of nitriles is 3. The highest BCUT2D eigenvalue weighted by Crippen LogP contribution is 2.56. The topological polar surface area (TPSA) is 95.2 Å². The molecular formula is C21H22N4S. The van der Waals surface area contributed by atoms with Gasteiger partial charge in [-0.3, -0.25) is 0 Å². The highest BCUT2D eigenvalue weighted by molar-refractivity contribution is 7.12. The van der Waals surface area contributed by atoms with Crippen LogP contribution in [0.25, 0.3) is 0 Å². The average Bonchev–Trinajstić information content (AvgIpc) is 3.14. The van der Waals surface area contributed by atoms with Gasteiger partial charge in [-0.1, -0.05) is 19.4 Å². The van der Waals surface area contributed by atoms with Crippen LogP contribution >= 0.6 is 11.3 Å². The molecule has 3 rings (SSSR count). The van der Waals surface area contributed by atoms with Crippen molar-refractivity contribution in [1.29, 1.82) is 21.2 Å². The number of rotatable bonds is 4. The van der Waals surface area contributed by atoms with Gasteiger partial charge in [-0.25, -0.2) is 0 Å². The van der Waals surface area contributed by atoms with Crippen molar-refractivity contribution >= 4 is 17.0 Å². The van der Waals surface area contributed by atoms with Gasteiger partial charge in [-0.05, 0) is 55.7 Å². The smallest absolute Gasteiger partial charge is 0.190 e. The number of nitrogens with zero attached hydrogens (tertiary/aromatic N) is 3. The van der Waals surface area contributed by atoms with Crippen molar-refractivity contribution in [3.63, 3.8) is 0 Å². The van der Waals surface area contributed by atoms with Gasteiger partial charge in [-0.2, -0.15) is 15.8 Å². The van der Waals surface area contributed by atoms with Crippen LogP contribution in [0, 0.1) is 56.7 Å². The summed E-state index contributed by atoms with van der Waals surface area (Å²) < 4.78 is 0. The largest absolute Gasteiger partial charge is 0.305 e. The standard InChI is InChI=1S/C21H22N4S/c1-2-3-6-14-9-10-18(26-14)19-16-8-5-4-7-15(16)17(11-22)20(25)21(19,12-23)13-24/h7,9-10,16-17,19,25H,2-6,8H2,1H3/t16-,17-,19-/m1/s1. The second kappa shape index (κ2) is 7.45. The fourth-order valence-electron chi connectivity index (χ4n) is 4.36. The van der Waals surface area contributed by atoms with E-state index in [1.54, 1.807) is 11.3 Å². The molecule has 0 aromatic carbocycles. The fraction of sp³-hybridized carbons (Fsp3) is 0.524. The summed E-state index contributed by atoms with van der Waals surface area (Å²) in [5.74, 6) is -1.09. The summed E-state index contributed by atoms with van der Waals surface area (Å²) in [6.07, 6.45) is 8.10. The minimum Gasteiger partial charge on any atom is -0.305 e. The molecule has 2 aliphatic rings. The molecular weight excluding hydrogens is 340 g/mol. The van der Waals surface area contributed by atoms with Crippen molar-refractivity contribution in [2.75, 3.05) is 0 Å². The molecule has 2 aliphatic carbocycles. The van der Waals surface area contributed by atoms with Gasteiger partial charge in [0.1, 0.15) is 5.92 Å². The Morgan fingerprint density at radius 1 is 1.27 bits per heavy atom. The number of aryl methyl sites for hydroxylation is 1. The summed E-state index contributed by atoms with van der Waals surface area (Å²) in [6, 6.07) is 10.6. The molecule has 0 aliphatic heterocycles. The number of thiophene rings is 1. The molecule has 1 N–H and O–H groups in total. The van der Waals surface area contributed by atoms with Gasteiger partial charge in [0, 0.05) is 15.7 Å². The molecule has 1 aromatic rings. The molecule has 0 radical (unpaired) electrons. The Labute approximate surface area is 158 Å². The van der Waals surface area contributed by atoms with Crippen molar-refractivity contribution in [3.8, 4) is 18.2 Å². The van der Waals surface area contributed by atoms with Crippen molar-refractivity contribution in [2.24, 2.45) is 17.3 Å². The van der Waals surface area contributed by atoms with E-state index in [-0.39, 0.29) is 17.5 Å². The second-order valence-electron chi connectivity index (χ2n) is 7.13. The Balaban J connectivity index is 2.12. The predicted molar refractivity (Wildman–Crippen MR) is 102 cm³/mol. The number of fused-ring (bicyclic) bond motifs is 1. The lowest BCUT2D eigenvalue weighted by molar-refractivity contribution is 0.324. The maximum Gasteiger partial charge on any atom is 0.190 e. The third-order valence-corrected chi connectivity index (χ3v) is 6.92. The van der Waals surface area contributed by atoms with E-state index in [9.17, 15) is 15.8 Å². The van der Waals surface area contributed by atoms with Crippen LogP contribution in [0.4, 0.5) is 0 Å². The van der Waals surface area contributed by atoms with Crippen molar-refractivity contribution in [2.45, 2.75) is 51.4 Å². The Bertz CT molecular complexity index is 844. The summed E-state index contributed by atoms with van der Waals surface area (Å²) in [4.78, 5) is 2.28. The lowest BCUT2D eigenvalue weighted by Crippen LogP contribution is -2.48. The third kappa shape index (κ3) is 2.76. The number of nitrogens with one attached hydrogen (secondary N) is 1. The molecule has 4 nitrogen and oxygen atoms in total. The van der Waals surface area contributed by atoms with E-state index in [1.807, 2.05) is 6.07 Å². The normalized spacial score (nSPS) is 26.8. The van der Waals surface area contributed by atoms with Crippen molar-refractivity contribution in [1.82, 2.24) is 0 Å². The summed E-state index contributed by atoms with van der Waals surface area (Å²) in [7, 11) is 0. The van der Waals surface area contributed by atoms with Crippen LogP contribution in [0.2, 0.25) is 0 Å². The first kappa shape index (κ1) is 18.4. The Morgan fingerprint density at radius 2 is 2.04 bits per heavy atom. The summed E-state index contributed by atoms with van der Waals surface area (Å²) in [5.41, 5.74) is -0.631. The van der Waals surface area contributed by atoms with E-state index >= 15 is 0 Å². The van der Waals surface area contributed by atoms with E-state index in [1.165, 1.54) is 4.88 Å². The van der Waals surface area contributed by atoms with E-state index < -0.39 is 11.3 Å². The van der Waals surface area contributed by atoms with E-state index in [0.717, 1.165) is 49.0 Å². The zero-order valence-corrected chi connectivity index (χ0v) is 15.8. The summed E-state index contributed by atoms with van der Waals surface area (Å²) >= 11 is 1.67. The van der Waals surface area contributed by atoms with Crippen LogP contribution in [0.5, 0.6) is 0 Å². The second-order valence-corrected chi connectivity index (χ2v) is 8.33. The molecule has 1 fully saturated rings. The first-order valence-corrected chi connectivity index (χ1v) is 10.0. The molecule has 1 saturated carbocycles. The van der Waals surface area contributed by atoms with Gasteiger partial charge in [-0.15, -0.1) is 11.3 Å². The Hall–Kier alpha value is -2.42. The summed E-state index contributed by atoms with van der Waals surface area (Å²) in [6.45, 7) is 2.16. The van der Waals surface area contributed by atoms with Crippen LogP contribution < -0.4 is 0 Å². The monoisotopic (exact) mass is 362 g/mol. The number of allylic oxidation sites excluding steroid dienone is 2. The lowest BCUT2D eigenvalue weighted by atomic mass is 9.54. The Morgan fingerprint density at radius 3 is 2.69 bits per heavy atom. The van der Waals surface area contributed by atoms with Gasteiger partial charge < -0.3 is 5.41 Å². The molecule has 0 unspecified atom stereocenters. The van der Waals surface area contributed by atoms with Crippen LogP contribution in [0.1, 0.15) is 54.7 Å². The molecule has 132 valence electrons. The fourth-order valence-corrected chi connectivity index (χ4v) is 5.65. The maximum absolute atomic E-state index is 9.96. The number of hydrogen-bond donors (Lipinski definition) is 1. The van der Waals surface area contributed by atoms with Gasteiger partial charge in [0.05, 0.1) is 23.9 Å². The van der Waals surface area contributed by atoms with Gasteiger partial charge in [0.2, 0.25) is 0 Å². The minimum absolute atomic E-state index is 0.000486. The lowest BCUT2D eigenvalue weighted by Gasteiger charge is -2.45. The predicted octanol–water partition coefficient (Wildman–Crippen LogP) is 5.11. The first-order chi connectivity index (χ1) is 12.6. The van der Waals surface area contributed by atoms with Gasteiger partial charge in [0.25, 0.3) is 0 Å². The van der Waals surface area contributed by atoms with E-state index in [4.69, 9.17) is 5.41 Å². The molecule has 26 heavy (non-hydrogen) atoms. The maximum atomic E-state index is 9.96. The molecule has 0 amide bonds. The number of unbranched alkanes of at least 4 members (excludes halogenated alkanes) is 1. The highest BCUT2D eigenvalue weighted by Gasteiger charge is 2.57. The Kier molecular flexibility index (Phi) is 5.26. The summed E-state index contributed by atoms with van der Waals surface area (Å²) in [5, 5.41) is 38.1. The van der Waals surface area contributed by atoms with Crippen molar-refractivity contribution < 1.29 is 0 Å². The average molecular weight is 363 g/mol. The minimum atomic E-state index is -1.55. The first-order valence-electron chi connectivity index (χ1n) is 9.22. The number of hydrogen-bond acceptors (Lipinski definition) is 5. The van der Waals surface area contributed by atoms with Crippen LogP contribution in [-0.4, -0.2) is 5.71 Å². The van der Waals surface area contributed by atoms with Crippen LogP contribution in [0.15, 0.2) is 23.8 Å². The molecule has 3 atom stereocenters. The molecule has 0 spiro atoms. The van der Waals surface area contributed by atoms with Gasteiger partial charge in [0.15, 0.2) is 5.41 Å². The molecule has 5 heteroatoms. The van der Waals surface area contributed by atoms with Crippen LogP contribution in [0.3, 0.4) is 0 Å². The van der Waals surface area contributed by atoms with Crippen molar-refractivity contribution in [3.05, 3.63) is 33.5 Å². The van der Waals surface area contributed by atoms with Gasteiger partial charge >= 0.3 is 0 Å². The molecule has 0 bridgehead atoms.